The van der Waals surface area contributed by atoms with Crippen LogP contribution in [0.5, 0.6) is 0 Å². The number of nitrogens with zero attached hydrogens (tertiary/aromatic N) is 2. The zero-order valence-corrected chi connectivity index (χ0v) is 11.3. The Kier molecular flexibility index (Phi) is 4.80. The molecule has 21 heavy (non-hydrogen) atoms. The fraction of sp³-hybridized carbons (Fsp3) is 0.267. The second kappa shape index (κ2) is 6.58. The highest BCUT2D eigenvalue weighted by Gasteiger charge is 2.32. The first-order chi connectivity index (χ1) is 10.0. The second-order valence-corrected chi connectivity index (χ2v) is 4.57. The van der Waals surface area contributed by atoms with Gasteiger partial charge < -0.3 is 10.6 Å². The number of anilines is 1. The summed E-state index contributed by atoms with van der Waals surface area (Å²) < 4.78 is 38.2. The predicted octanol–water partition coefficient (Wildman–Crippen LogP) is 3.07. The van der Waals surface area contributed by atoms with Gasteiger partial charge in [0, 0.05) is 19.6 Å². The first kappa shape index (κ1) is 15.3. The molecular formula is C15H16F3N3. The fourth-order valence-electron chi connectivity index (χ4n) is 1.99. The quantitative estimate of drug-likeness (QED) is 0.922. The van der Waals surface area contributed by atoms with Gasteiger partial charge in [-0.3, -0.25) is 0 Å². The molecule has 3 nitrogen and oxygen atoms in total. The standard InChI is InChI=1S/C15H16F3N3/c16-15(17,18)13-7-4-8-14(20-13)21(10-9-19)11-12-5-2-1-3-6-12/h1-8H,9-11,19H2. The summed E-state index contributed by atoms with van der Waals surface area (Å²) in [6.45, 7) is 1.24. The molecule has 0 saturated carbocycles. The van der Waals surface area contributed by atoms with Gasteiger partial charge in [0.1, 0.15) is 11.5 Å². The maximum absolute atomic E-state index is 12.7. The molecule has 2 aromatic rings. The van der Waals surface area contributed by atoms with E-state index < -0.39 is 11.9 Å². The summed E-state index contributed by atoms with van der Waals surface area (Å²) in [4.78, 5) is 5.45. The van der Waals surface area contributed by atoms with E-state index >= 15 is 0 Å². The number of alkyl halides is 3. The van der Waals surface area contributed by atoms with Crippen LogP contribution in [0.2, 0.25) is 0 Å². The van der Waals surface area contributed by atoms with Gasteiger partial charge >= 0.3 is 6.18 Å². The molecule has 0 aliphatic rings. The van der Waals surface area contributed by atoms with Crippen LogP contribution >= 0.6 is 0 Å². The molecular weight excluding hydrogens is 279 g/mol. The van der Waals surface area contributed by atoms with Crippen LogP contribution in [0, 0.1) is 0 Å². The van der Waals surface area contributed by atoms with Gasteiger partial charge in [-0.1, -0.05) is 36.4 Å². The summed E-state index contributed by atoms with van der Waals surface area (Å²) in [5.74, 6) is 0.277. The summed E-state index contributed by atoms with van der Waals surface area (Å²) in [6, 6.07) is 13.4. The molecule has 1 heterocycles. The minimum Gasteiger partial charge on any atom is -0.351 e. The Morgan fingerprint density at radius 3 is 2.33 bits per heavy atom. The van der Waals surface area contributed by atoms with Crippen molar-refractivity contribution in [2.75, 3.05) is 18.0 Å². The van der Waals surface area contributed by atoms with E-state index in [1.807, 2.05) is 30.3 Å². The van der Waals surface area contributed by atoms with Crippen molar-refractivity contribution in [3.8, 4) is 0 Å². The molecule has 2 rings (SSSR count). The number of hydrogen-bond donors (Lipinski definition) is 1. The molecule has 0 atom stereocenters. The normalized spacial score (nSPS) is 11.4. The Bertz CT molecular complexity index is 570. The Labute approximate surface area is 121 Å². The van der Waals surface area contributed by atoms with E-state index in [0.29, 0.717) is 19.6 Å². The molecule has 1 aromatic heterocycles. The Balaban J connectivity index is 2.26. The first-order valence-corrected chi connectivity index (χ1v) is 6.54. The first-order valence-electron chi connectivity index (χ1n) is 6.54. The van der Waals surface area contributed by atoms with Crippen LogP contribution in [0.3, 0.4) is 0 Å². The molecule has 0 fully saturated rings. The molecule has 0 aliphatic heterocycles. The van der Waals surface area contributed by atoms with Crippen LogP contribution in [0.1, 0.15) is 11.3 Å². The molecule has 0 saturated heterocycles. The highest BCUT2D eigenvalue weighted by atomic mass is 19.4. The summed E-state index contributed by atoms with van der Waals surface area (Å²) in [5.41, 5.74) is 5.65. The molecule has 0 spiro atoms. The van der Waals surface area contributed by atoms with Crippen molar-refractivity contribution in [2.24, 2.45) is 5.73 Å². The Hall–Kier alpha value is -2.08. The minimum atomic E-state index is -4.45. The van der Waals surface area contributed by atoms with Crippen molar-refractivity contribution in [2.45, 2.75) is 12.7 Å². The third-order valence-electron chi connectivity index (χ3n) is 2.96. The zero-order valence-electron chi connectivity index (χ0n) is 11.3. The SMILES string of the molecule is NCCN(Cc1ccccc1)c1cccc(C(F)(F)F)n1. The summed E-state index contributed by atoms with van der Waals surface area (Å²) >= 11 is 0. The number of pyridine rings is 1. The number of rotatable bonds is 5. The zero-order chi connectivity index (χ0) is 15.3. The van der Waals surface area contributed by atoms with Crippen LogP contribution in [0.15, 0.2) is 48.5 Å². The molecule has 0 amide bonds. The molecule has 2 N–H and O–H groups in total. The van der Waals surface area contributed by atoms with E-state index in [-0.39, 0.29) is 5.82 Å². The van der Waals surface area contributed by atoms with Gasteiger partial charge in [0.15, 0.2) is 0 Å². The van der Waals surface area contributed by atoms with Gasteiger partial charge in [0.05, 0.1) is 0 Å². The third-order valence-corrected chi connectivity index (χ3v) is 2.96. The van der Waals surface area contributed by atoms with Crippen LogP contribution < -0.4 is 10.6 Å². The van der Waals surface area contributed by atoms with Crippen molar-refractivity contribution in [3.63, 3.8) is 0 Å². The van der Waals surface area contributed by atoms with Crippen LogP contribution in [0.25, 0.3) is 0 Å². The monoisotopic (exact) mass is 295 g/mol. The minimum absolute atomic E-state index is 0.277. The molecule has 0 bridgehead atoms. The number of nitrogens with two attached hydrogens (primary N) is 1. The maximum atomic E-state index is 12.7. The third kappa shape index (κ3) is 4.19. The summed E-state index contributed by atoms with van der Waals surface area (Å²) in [5, 5.41) is 0. The van der Waals surface area contributed by atoms with Gasteiger partial charge in [-0.25, -0.2) is 4.98 Å². The van der Waals surface area contributed by atoms with Gasteiger partial charge in [-0.15, -0.1) is 0 Å². The van der Waals surface area contributed by atoms with E-state index in [1.165, 1.54) is 6.07 Å². The lowest BCUT2D eigenvalue weighted by Crippen LogP contribution is -2.30. The van der Waals surface area contributed by atoms with Gasteiger partial charge in [0.25, 0.3) is 0 Å². The number of aromatic nitrogens is 1. The van der Waals surface area contributed by atoms with Crippen molar-refractivity contribution in [1.82, 2.24) is 4.98 Å². The average molecular weight is 295 g/mol. The van der Waals surface area contributed by atoms with E-state index in [0.717, 1.165) is 11.6 Å². The van der Waals surface area contributed by atoms with Crippen LogP contribution in [0.4, 0.5) is 19.0 Å². The predicted molar refractivity (Wildman–Crippen MR) is 75.8 cm³/mol. The smallest absolute Gasteiger partial charge is 0.351 e. The van der Waals surface area contributed by atoms with E-state index in [2.05, 4.69) is 4.98 Å². The highest BCUT2D eigenvalue weighted by molar-refractivity contribution is 5.41. The van der Waals surface area contributed by atoms with Gasteiger partial charge in [-0.05, 0) is 17.7 Å². The summed E-state index contributed by atoms with van der Waals surface area (Å²) in [7, 11) is 0. The van der Waals surface area contributed by atoms with Crippen LogP contribution in [-0.2, 0) is 12.7 Å². The summed E-state index contributed by atoms with van der Waals surface area (Å²) in [6.07, 6.45) is -4.45. The maximum Gasteiger partial charge on any atom is 0.433 e. The fourth-order valence-corrected chi connectivity index (χ4v) is 1.99. The van der Waals surface area contributed by atoms with E-state index in [9.17, 15) is 13.2 Å². The van der Waals surface area contributed by atoms with Crippen LogP contribution in [-0.4, -0.2) is 18.1 Å². The van der Waals surface area contributed by atoms with Crippen molar-refractivity contribution >= 4 is 5.82 Å². The molecule has 0 unspecified atom stereocenters. The second-order valence-electron chi connectivity index (χ2n) is 4.57. The molecule has 0 aliphatic carbocycles. The van der Waals surface area contributed by atoms with E-state index in [1.54, 1.807) is 11.0 Å². The lowest BCUT2D eigenvalue weighted by atomic mass is 10.2. The van der Waals surface area contributed by atoms with Crippen molar-refractivity contribution in [1.29, 1.82) is 0 Å². The number of hydrogen-bond acceptors (Lipinski definition) is 3. The average Bonchev–Trinajstić information content (AvgIpc) is 2.47. The lowest BCUT2D eigenvalue weighted by Gasteiger charge is -2.24. The van der Waals surface area contributed by atoms with E-state index in [4.69, 9.17) is 5.73 Å². The molecule has 1 aromatic carbocycles. The number of benzene rings is 1. The van der Waals surface area contributed by atoms with Gasteiger partial charge in [-0.2, -0.15) is 13.2 Å². The Morgan fingerprint density at radius 2 is 1.71 bits per heavy atom. The molecule has 112 valence electrons. The van der Waals surface area contributed by atoms with Gasteiger partial charge in [0.2, 0.25) is 0 Å². The molecule has 6 heteroatoms. The number of halogens is 3. The van der Waals surface area contributed by atoms with Crippen molar-refractivity contribution in [3.05, 3.63) is 59.8 Å². The largest absolute Gasteiger partial charge is 0.433 e. The Morgan fingerprint density at radius 1 is 1.00 bits per heavy atom. The van der Waals surface area contributed by atoms with Crippen molar-refractivity contribution < 1.29 is 13.2 Å². The highest BCUT2D eigenvalue weighted by Crippen LogP contribution is 2.29. The lowest BCUT2D eigenvalue weighted by molar-refractivity contribution is -0.141. The topological polar surface area (TPSA) is 42.1 Å². The molecule has 0 radical (unpaired) electrons.